The van der Waals surface area contributed by atoms with E-state index in [0.717, 1.165) is 31.7 Å². The Hall–Kier alpha value is -0.610. The normalized spacial score (nSPS) is 30.0. The van der Waals surface area contributed by atoms with Crippen molar-refractivity contribution in [2.24, 2.45) is 11.7 Å². The minimum absolute atomic E-state index is 0.200. The molecule has 1 aliphatic heterocycles. The number of nitrogens with one attached hydrogen (secondary N) is 1. The van der Waals surface area contributed by atoms with Crippen LogP contribution < -0.4 is 11.1 Å². The zero-order valence-electron chi connectivity index (χ0n) is 14.0. The third-order valence-corrected chi connectivity index (χ3v) is 5.52. The number of hydrogen-bond acceptors (Lipinski definition) is 3. The van der Waals surface area contributed by atoms with Gasteiger partial charge in [0.2, 0.25) is 5.91 Å². The number of amides is 1. The van der Waals surface area contributed by atoms with Crippen molar-refractivity contribution in [3.05, 3.63) is 0 Å². The third kappa shape index (κ3) is 4.68. The largest absolute Gasteiger partial charge is 0.368 e. The molecule has 0 radical (unpaired) electrons. The monoisotopic (exact) mass is 295 g/mol. The Labute approximate surface area is 129 Å². The molecule has 0 aromatic heterocycles. The summed E-state index contributed by atoms with van der Waals surface area (Å²) in [5, 5.41) is 3.43. The first-order chi connectivity index (χ1) is 9.92. The summed E-state index contributed by atoms with van der Waals surface area (Å²) >= 11 is 0. The lowest BCUT2D eigenvalue weighted by Gasteiger charge is -2.38. The molecule has 3 N–H and O–H groups in total. The molecule has 1 saturated carbocycles. The van der Waals surface area contributed by atoms with Crippen molar-refractivity contribution < 1.29 is 4.79 Å². The fraction of sp³-hybridized carbons (Fsp3) is 0.941. The van der Waals surface area contributed by atoms with Crippen LogP contribution in [0.4, 0.5) is 0 Å². The van der Waals surface area contributed by atoms with Crippen molar-refractivity contribution in [3.8, 4) is 0 Å². The van der Waals surface area contributed by atoms with Crippen LogP contribution in [-0.2, 0) is 4.79 Å². The number of hydrogen-bond donors (Lipinski definition) is 2. The van der Waals surface area contributed by atoms with Crippen molar-refractivity contribution in [1.29, 1.82) is 0 Å². The number of unbranched alkanes of at least 4 members (excludes halogenated alkanes) is 1. The highest BCUT2D eigenvalue weighted by molar-refractivity contribution is 5.84. The zero-order chi connectivity index (χ0) is 15.5. The smallest absolute Gasteiger partial charge is 0.237 e. The number of nitrogens with zero attached hydrogens (tertiary/aromatic N) is 1. The Balaban J connectivity index is 1.71. The Morgan fingerprint density at radius 3 is 2.62 bits per heavy atom. The van der Waals surface area contributed by atoms with Gasteiger partial charge < -0.3 is 16.0 Å². The quantitative estimate of drug-likeness (QED) is 0.675. The predicted octanol–water partition coefficient (Wildman–Crippen LogP) is 2.27. The molecule has 2 aliphatic rings. The highest BCUT2D eigenvalue weighted by Crippen LogP contribution is 2.26. The number of carbonyl (C=O) groups is 1. The van der Waals surface area contributed by atoms with Crippen molar-refractivity contribution in [2.75, 3.05) is 13.1 Å². The van der Waals surface area contributed by atoms with Crippen LogP contribution in [0.25, 0.3) is 0 Å². The number of carbonyl (C=O) groups excluding carboxylic acids is 1. The van der Waals surface area contributed by atoms with Crippen molar-refractivity contribution in [1.82, 2.24) is 10.2 Å². The minimum Gasteiger partial charge on any atom is -0.368 e. The number of nitrogens with two attached hydrogens (primary N) is 1. The molecule has 2 fully saturated rings. The van der Waals surface area contributed by atoms with E-state index in [2.05, 4.69) is 24.1 Å². The van der Waals surface area contributed by atoms with Crippen molar-refractivity contribution >= 4 is 5.91 Å². The minimum atomic E-state index is -0.512. The van der Waals surface area contributed by atoms with Crippen LogP contribution in [0, 0.1) is 5.92 Å². The molecule has 1 amide bonds. The summed E-state index contributed by atoms with van der Waals surface area (Å²) in [7, 11) is 0. The Bertz CT molecular complexity index is 356. The molecule has 4 heteroatoms. The van der Waals surface area contributed by atoms with Gasteiger partial charge in [-0.15, -0.1) is 0 Å². The van der Waals surface area contributed by atoms with Crippen molar-refractivity contribution in [3.63, 3.8) is 0 Å². The highest BCUT2D eigenvalue weighted by Gasteiger charge is 2.36. The fourth-order valence-electron chi connectivity index (χ4n) is 3.47. The Morgan fingerprint density at radius 1 is 1.29 bits per heavy atom. The van der Waals surface area contributed by atoms with E-state index in [1.807, 2.05) is 6.92 Å². The molecule has 0 aromatic carbocycles. The summed E-state index contributed by atoms with van der Waals surface area (Å²) in [6.45, 7) is 9.08. The summed E-state index contributed by atoms with van der Waals surface area (Å²) in [5.74, 6) is 0.612. The predicted molar refractivity (Wildman–Crippen MR) is 87.0 cm³/mol. The second-order valence-corrected chi connectivity index (χ2v) is 7.47. The van der Waals surface area contributed by atoms with Gasteiger partial charge in [0.1, 0.15) is 0 Å². The van der Waals surface area contributed by atoms with Crippen LogP contribution in [0.15, 0.2) is 0 Å². The molecule has 4 nitrogen and oxygen atoms in total. The van der Waals surface area contributed by atoms with Gasteiger partial charge in [-0.05, 0) is 77.8 Å². The van der Waals surface area contributed by atoms with Crippen LogP contribution in [-0.4, -0.2) is 41.5 Å². The van der Waals surface area contributed by atoms with E-state index in [1.165, 1.54) is 32.2 Å². The van der Waals surface area contributed by atoms with Gasteiger partial charge in [0.05, 0.1) is 5.54 Å². The molecule has 1 heterocycles. The SMILES string of the molecule is CC1CCCN(CCCCC(C)(NC2CC2)C(N)=O)C1C. The molecule has 0 aromatic rings. The summed E-state index contributed by atoms with van der Waals surface area (Å²) in [6, 6.07) is 1.22. The number of likely N-dealkylation sites (tertiary alicyclic amines) is 1. The maximum atomic E-state index is 11.7. The average molecular weight is 295 g/mol. The first-order valence-electron chi connectivity index (χ1n) is 8.74. The average Bonchev–Trinajstić information content (AvgIpc) is 3.23. The molecule has 3 unspecified atom stereocenters. The molecule has 0 spiro atoms. The van der Waals surface area contributed by atoms with Gasteiger partial charge in [0.25, 0.3) is 0 Å². The maximum absolute atomic E-state index is 11.7. The summed E-state index contributed by atoms with van der Waals surface area (Å²) < 4.78 is 0. The van der Waals surface area contributed by atoms with Gasteiger partial charge in [-0.3, -0.25) is 4.79 Å². The molecule has 2 rings (SSSR count). The van der Waals surface area contributed by atoms with Crippen molar-refractivity contribution in [2.45, 2.75) is 83.3 Å². The van der Waals surface area contributed by atoms with Gasteiger partial charge in [-0.1, -0.05) is 6.92 Å². The van der Waals surface area contributed by atoms with E-state index in [1.54, 1.807) is 0 Å². The first-order valence-corrected chi connectivity index (χ1v) is 8.74. The van der Waals surface area contributed by atoms with Crippen LogP contribution in [0.2, 0.25) is 0 Å². The van der Waals surface area contributed by atoms with Crippen LogP contribution >= 0.6 is 0 Å². The Kier molecular flexibility index (Phi) is 5.67. The lowest BCUT2D eigenvalue weighted by atomic mass is 9.91. The molecule has 1 aliphatic carbocycles. The molecule has 3 atom stereocenters. The molecular formula is C17H33N3O. The van der Waals surface area contributed by atoms with E-state index in [9.17, 15) is 4.79 Å². The van der Waals surface area contributed by atoms with E-state index < -0.39 is 5.54 Å². The first kappa shape index (κ1) is 16.8. The summed E-state index contributed by atoms with van der Waals surface area (Å²) in [5.41, 5.74) is 5.09. The summed E-state index contributed by atoms with van der Waals surface area (Å²) in [6.07, 6.45) is 8.15. The zero-order valence-corrected chi connectivity index (χ0v) is 14.0. The number of rotatable bonds is 8. The van der Waals surface area contributed by atoms with Gasteiger partial charge in [-0.2, -0.15) is 0 Å². The van der Waals surface area contributed by atoms with Gasteiger partial charge in [0, 0.05) is 12.1 Å². The standard InChI is InChI=1S/C17H33N3O/c1-13-7-6-12-20(14(13)2)11-5-4-10-17(3,16(18)21)19-15-8-9-15/h13-15,19H,4-12H2,1-3H3,(H2,18,21). The van der Waals surface area contributed by atoms with Gasteiger partial charge >= 0.3 is 0 Å². The molecule has 1 saturated heterocycles. The lowest BCUT2D eigenvalue weighted by Crippen LogP contribution is -2.54. The van der Waals surface area contributed by atoms with E-state index >= 15 is 0 Å². The lowest BCUT2D eigenvalue weighted by molar-refractivity contribution is -0.124. The Morgan fingerprint density at radius 2 is 2.00 bits per heavy atom. The van der Waals surface area contributed by atoms with Crippen LogP contribution in [0.1, 0.15) is 65.7 Å². The maximum Gasteiger partial charge on any atom is 0.237 e. The molecular weight excluding hydrogens is 262 g/mol. The van der Waals surface area contributed by atoms with Gasteiger partial charge in [-0.25, -0.2) is 0 Å². The van der Waals surface area contributed by atoms with Gasteiger partial charge in [0.15, 0.2) is 0 Å². The molecule has 122 valence electrons. The molecule has 21 heavy (non-hydrogen) atoms. The second-order valence-electron chi connectivity index (χ2n) is 7.47. The van der Waals surface area contributed by atoms with E-state index in [4.69, 9.17) is 5.73 Å². The highest BCUT2D eigenvalue weighted by atomic mass is 16.1. The van der Waals surface area contributed by atoms with Crippen LogP contribution in [0.5, 0.6) is 0 Å². The van der Waals surface area contributed by atoms with E-state index in [-0.39, 0.29) is 5.91 Å². The number of piperidine rings is 1. The molecule has 0 bridgehead atoms. The fourth-order valence-corrected chi connectivity index (χ4v) is 3.47. The second kappa shape index (κ2) is 7.10. The summed E-state index contributed by atoms with van der Waals surface area (Å²) in [4.78, 5) is 14.3. The van der Waals surface area contributed by atoms with E-state index in [0.29, 0.717) is 12.1 Å². The third-order valence-electron chi connectivity index (χ3n) is 5.52. The van der Waals surface area contributed by atoms with Crippen LogP contribution in [0.3, 0.4) is 0 Å². The number of primary amides is 1. The topological polar surface area (TPSA) is 58.4 Å².